The fourth-order valence-corrected chi connectivity index (χ4v) is 3.26. The van der Waals surface area contributed by atoms with Crippen LogP contribution in [0.25, 0.3) is 5.69 Å². The molecule has 0 radical (unpaired) electrons. The number of nitrogens with one attached hydrogen (secondary N) is 1. The van der Waals surface area contributed by atoms with Crippen LogP contribution in [0.2, 0.25) is 0 Å². The number of rotatable bonds is 3. The van der Waals surface area contributed by atoms with Crippen LogP contribution in [0.3, 0.4) is 0 Å². The minimum absolute atomic E-state index is 0.145. The van der Waals surface area contributed by atoms with Gasteiger partial charge in [0.15, 0.2) is 5.82 Å². The lowest BCUT2D eigenvalue weighted by Gasteiger charge is -2.33. The third-order valence-corrected chi connectivity index (χ3v) is 4.83. The van der Waals surface area contributed by atoms with Crippen molar-refractivity contribution < 1.29 is 9.90 Å². The SMILES string of the molecule is Cc1ccc(-n2nc(NC(=O)N3CCCC(C(C)O)C3)cc2C)cc1. The number of benzene rings is 1. The highest BCUT2D eigenvalue weighted by atomic mass is 16.3. The number of nitrogens with zero attached hydrogens (tertiary/aromatic N) is 3. The van der Waals surface area contributed by atoms with Gasteiger partial charge in [-0.05, 0) is 45.7 Å². The molecule has 2 unspecified atom stereocenters. The summed E-state index contributed by atoms with van der Waals surface area (Å²) in [6.45, 7) is 7.10. The van der Waals surface area contributed by atoms with Crippen LogP contribution in [-0.2, 0) is 0 Å². The molecule has 2 atom stereocenters. The van der Waals surface area contributed by atoms with Gasteiger partial charge in [0.25, 0.3) is 0 Å². The van der Waals surface area contributed by atoms with Crippen LogP contribution in [0.5, 0.6) is 0 Å². The summed E-state index contributed by atoms with van der Waals surface area (Å²) >= 11 is 0. The van der Waals surface area contributed by atoms with Crippen LogP contribution < -0.4 is 5.32 Å². The molecule has 2 amide bonds. The molecule has 1 fully saturated rings. The van der Waals surface area contributed by atoms with Gasteiger partial charge < -0.3 is 10.0 Å². The first-order valence-electron chi connectivity index (χ1n) is 8.82. The second kappa shape index (κ2) is 7.27. The van der Waals surface area contributed by atoms with E-state index in [9.17, 15) is 9.90 Å². The molecule has 6 nitrogen and oxygen atoms in total. The third kappa shape index (κ3) is 4.02. The zero-order valence-corrected chi connectivity index (χ0v) is 15.1. The normalized spacial score (nSPS) is 18.9. The first kappa shape index (κ1) is 17.5. The second-order valence-electron chi connectivity index (χ2n) is 6.94. The van der Waals surface area contributed by atoms with E-state index in [0.717, 1.165) is 24.2 Å². The zero-order valence-electron chi connectivity index (χ0n) is 15.1. The van der Waals surface area contributed by atoms with E-state index in [1.807, 2.05) is 48.9 Å². The Bertz CT molecular complexity index is 736. The number of carbonyl (C=O) groups excluding carboxylic acids is 1. The first-order valence-corrected chi connectivity index (χ1v) is 8.82. The maximum atomic E-state index is 12.5. The Hall–Kier alpha value is -2.34. The quantitative estimate of drug-likeness (QED) is 0.900. The molecule has 0 bridgehead atoms. The van der Waals surface area contributed by atoms with Gasteiger partial charge >= 0.3 is 6.03 Å². The number of hydrogen-bond donors (Lipinski definition) is 2. The standard InChI is InChI=1S/C19H26N4O2/c1-13-6-8-17(9-7-13)23-14(2)11-18(21-23)20-19(25)22-10-4-5-16(12-22)15(3)24/h6-9,11,15-16,24H,4-5,10,12H2,1-3H3,(H,20,21,25). The van der Waals surface area contributed by atoms with Gasteiger partial charge in [0, 0.05) is 30.8 Å². The highest BCUT2D eigenvalue weighted by molar-refractivity contribution is 5.88. The minimum Gasteiger partial charge on any atom is -0.393 e. The fraction of sp³-hybridized carbons (Fsp3) is 0.474. The molecule has 25 heavy (non-hydrogen) atoms. The van der Waals surface area contributed by atoms with E-state index >= 15 is 0 Å². The summed E-state index contributed by atoms with van der Waals surface area (Å²) in [5.41, 5.74) is 3.12. The minimum atomic E-state index is -0.390. The van der Waals surface area contributed by atoms with E-state index in [2.05, 4.69) is 10.4 Å². The summed E-state index contributed by atoms with van der Waals surface area (Å²) in [5.74, 6) is 0.689. The third-order valence-electron chi connectivity index (χ3n) is 4.83. The molecule has 6 heteroatoms. The Kier molecular flexibility index (Phi) is 5.08. The summed E-state index contributed by atoms with van der Waals surface area (Å²) in [6, 6.07) is 9.82. The maximum Gasteiger partial charge on any atom is 0.323 e. The van der Waals surface area contributed by atoms with E-state index < -0.39 is 6.10 Å². The Balaban J connectivity index is 1.70. The van der Waals surface area contributed by atoms with Gasteiger partial charge in [-0.1, -0.05) is 17.7 Å². The van der Waals surface area contributed by atoms with Crippen molar-refractivity contribution in [3.05, 3.63) is 41.6 Å². The maximum absolute atomic E-state index is 12.5. The molecule has 1 aliphatic rings. The average Bonchev–Trinajstić information content (AvgIpc) is 2.96. The Morgan fingerprint density at radius 3 is 2.72 bits per heavy atom. The van der Waals surface area contributed by atoms with Crippen LogP contribution in [0.1, 0.15) is 31.0 Å². The number of aryl methyl sites for hydroxylation is 2. The summed E-state index contributed by atoms with van der Waals surface area (Å²) < 4.78 is 1.82. The van der Waals surface area contributed by atoms with Crippen LogP contribution in [0.15, 0.2) is 30.3 Å². The molecule has 2 N–H and O–H groups in total. The zero-order chi connectivity index (χ0) is 18.0. The number of urea groups is 1. The molecule has 2 heterocycles. The lowest BCUT2D eigenvalue weighted by molar-refractivity contribution is 0.0766. The van der Waals surface area contributed by atoms with Crippen molar-refractivity contribution in [2.75, 3.05) is 18.4 Å². The van der Waals surface area contributed by atoms with Crippen LogP contribution in [0.4, 0.5) is 10.6 Å². The molecular formula is C19H26N4O2. The molecular weight excluding hydrogens is 316 g/mol. The van der Waals surface area contributed by atoms with E-state index in [1.165, 1.54) is 5.56 Å². The Morgan fingerprint density at radius 1 is 1.32 bits per heavy atom. The van der Waals surface area contributed by atoms with Gasteiger partial charge in [-0.25, -0.2) is 9.48 Å². The van der Waals surface area contributed by atoms with Crippen molar-refractivity contribution in [1.29, 1.82) is 0 Å². The highest BCUT2D eigenvalue weighted by Gasteiger charge is 2.26. The fourth-order valence-electron chi connectivity index (χ4n) is 3.26. The van der Waals surface area contributed by atoms with Gasteiger partial charge in [0.1, 0.15) is 0 Å². The number of likely N-dealkylation sites (tertiary alicyclic amines) is 1. The van der Waals surface area contributed by atoms with Crippen LogP contribution in [0, 0.1) is 19.8 Å². The van der Waals surface area contributed by atoms with Crippen molar-refractivity contribution in [2.45, 2.75) is 39.7 Å². The number of carbonyl (C=O) groups is 1. The molecule has 1 saturated heterocycles. The highest BCUT2D eigenvalue weighted by Crippen LogP contribution is 2.21. The topological polar surface area (TPSA) is 70.4 Å². The van der Waals surface area contributed by atoms with Crippen molar-refractivity contribution in [2.24, 2.45) is 5.92 Å². The van der Waals surface area contributed by atoms with Crippen molar-refractivity contribution in [3.63, 3.8) is 0 Å². The van der Waals surface area contributed by atoms with Crippen molar-refractivity contribution >= 4 is 11.8 Å². The van der Waals surface area contributed by atoms with Crippen LogP contribution >= 0.6 is 0 Å². The van der Waals surface area contributed by atoms with Crippen LogP contribution in [-0.4, -0.2) is 45.0 Å². The van der Waals surface area contributed by atoms with Crippen molar-refractivity contribution in [1.82, 2.24) is 14.7 Å². The largest absolute Gasteiger partial charge is 0.393 e. The van der Waals surface area contributed by atoms with Gasteiger partial charge in [-0.15, -0.1) is 5.10 Å². The number of aliphatic hydroxyl groups is 1. The molecule has 1 aliphatic heterocycles. The summed E-state index contributed by atoms with van der Waals surface area (Å²) in [6.07, 6.45) is 1.49. The van der Waals surface area contributed by atoms with Gasteiger partial charge in [-0.3, -0.25) is 5.32 Å². The number of aliphatic hydroxyl groups excluding tert-OH is 1. The van der Waals surface area contributed by atoms with Crippen molar-refractivity contribution in [3.8, 4) is 5.69 Å². The number of amides is 2. The summed E-state index contributed by atoms with van der Waals surface area (Å²) in [4.78, 5) is 14.3. The summed E-state index contributed by atoms with van der Waals surface area (Å²) in [5, 5.41) is 17.2. The number of anilines is 1. The number of piperidine rings is 1. The van der Waals surface area contributed by atoms with Gasteiger partial charge in [-0.2, -0.15) is 0 Å². The van der Waals surface area contributed by atoms with E-state index in [0.29, 0.717) is 18.9 Å². The Morgan fingerprint density at radius 2 is 2.04 bits per heavy atom. The van der Waals surface area contributed by atoms with E-state index in [-0.39, 0.29) is 11.9 Å². The first-order chi connectivity index (χ1) is 11.9. The molecule has 134 valence electrons. The van der Waals surface area contributed by atoms with Gasteiger partial charge in [0.2, 0.25) is 0 Å². The second-order valence-corrected chi connectivity index (χ2v) is 6.94. The predicted octanol–water partition coefficient (Wildman–Crippen LogP) is 3.11. The molecule has 0 aliphatic carbocycles. The number of hydrogen-bond acceptors (Lipinski definition) is 3. The molecule has 0 spiro atoms. The molecule has 1 aromatic heterocycles. The molecule has 3 rings (SSSR count). The smallest absolute Gasteiger partial charge is 0.323 e. The lowest BCUT2D eigenvalue weighted by atomic mass is 9.94. The van der Waals surface area contributed by atoms with E-state index in [4.69, 9.17) is 0 Å². The monoisotopic (exact) mass is 342 g/mol. The van der Waals surface area contributed by atoms with E-state index in [1.54, 1.807) is 11.8 Å². The van der Waals surface area contributed by atoms with Gasteiger partial charge in [0.05, 0.1) is 11.8 Å². The average molecular weight is 342 g/mol. The molecule has 0 saturated carbocycles. The lowest BCUT2D eigenvalue weighted by Crippen LogP contribution is -2.44. The Labute approximate surface area is 148 Å². The molecule has 2 aromatic rings. The molecule has 1 aromatic carbocycles. The number of aromatic nitrogens is 2. The summed E-state index contributed by atoms with van der Waals surface area (Å²) in [7, 11) is 0. The predicted molar refractivity (Wildman–Crippen MR) is 98.0 cm³/mol.